The third-order valence-electron chi connectivity index (χ3n) is 6.87. The SMILES string of the molecule is Cc1ccc(C(=O)N2CCC3(CC2)C[C@@H](Oc2ccccc2)CO3)cc1NCc1cccnc1. The summed E-state index contributed by atoms with van der Waals surface area (Å²) >= 11 is 0. The Morgan fingerprint density at radius 3 is 2.74 bits per heavy atom. The molecule has 5 rings (SSSR count). The number of anilines is 1. The molecule has 1 amide bonds. The number of benzene rings is 2. The van der Waals surface area contributed by atoms with Crippen molar-refractivity contribution in [2.75, 3.05) is 25.0 Å². The monoisotopic (exact) mass is 457 g/mol. The van der Waals surface area contributed by atoms with Gasteiger partial charge in [0.1, 0.15) is 11.9 Å². The van der Waals surface area contributed by atoms with Crippen LogP contribution in [0.4, 0.5) is 5.69 Å². The van der Waals surface area contributed by atoms with Crippen LogP contribution in [0.25, 0.3) is 0 Å². The van der Waals surface area contributed by atoms with Crippen molar-refractivity contribution in [3.63, 3.8) is 0 Å². The number of nitrogens with one attached hydrogen (secondary N) is 1. The van der Waals surface area contributed by atoms with E-state index in [4.69, 9.17) is 9.47 Å². The van der Waals surface area contributed by atoms with E-state index < -0.39 is 0 Å². The average molecular weight is 458 g/mol. The molecule has 6 nitrogen and oxygen atoms in total. The van der Waals surface area contributed by atoms with Crippen LogP contribution in [0, 0.1) is 6.92 Å². The number of hydrogen-bond acceptors (Lipinski definition) is 5. The topological polar surface area (TPSA) is 63.7 Å². The van der Waals surface area contributed by atoms with Crippen molar-refractivity contribution < 1.29 is 14.3 Å². The number of para-hydroxylation sites is 1. The molecule has 0 aliphatic carbocycles. The lowest BCUT2D eigenvalue weighted by Gasteiger charge is -2.38. The van der Waals surface area contributed by atoms with Crippen molar-refractivity contribution in [2.24, 2.45) is 0 Å². The van der Waals surface area contributed by atoms with E-state index in [-0.39, 0.29) is 17.6 Å². The minimum atomic E-state index is -0.181. The molecule has 2 aliphatic rings. The summed E-state index contributed by atoms with van der Waals surface area (Å²) in [6.07, 6.45) is 6.23. The molecule has 2 saturated heterocycles. The van der Waals surface area contributed by atoms with Gasteiger partial charge in [-0.1, -0.05) is 30.3 Å². The van der Waals surface area contributed by atoms with E-state index in [1.54, 1.807) is 6.20 Å². The van der Waals surface area contributed by atoms with Gasteiger partial charge in [-0.25, -0.2) is 0 Å². The molecule has 34 heavy (non-hydrogen) atoms. The van der Waals surface area contributed by atoms with Gasteiger partial charge >= 0.3 is 0 Å². The van der Waals surface area contributed by atoms with Crippen LogP contribution in [-0.4, -0.2) is 47.2 Å². The average Bonchev–Trinajstić information content (AvgIpc) is 3.26. The molecule has 3 heterocycles. The molecule has 176 valence electrons. The van der Waals surface area contributed by atoms with Gasteiger partial charge in [0.05, 0.1) is 12.2 Å². The number of amides is 1. The summed E-state index contributed by atoms with van der Waals surface area (Å²) in [6.45, 7) is 4.72. The van der Waals surface area contributed by atoms with E-state index >= 15 is 0 Å². The number of likely N-dealkylation sites (tertiary alicyclic amines) is 1. The van der Waals surface area contributed by atoms with Crippen LogP contribution < -0.4 is 10.1 Å². The molecule has 2 aromatic carbocycles. The normalized spacial score (nSPS) is 19.2. The van der Waals surface area contributed by atoms with Crippen LogP contribution in [0.1, 0.15) is 40.7 Å². The second-order valence-electron chi connectivity index (χ2n) is 9.29. The number of aryl methyl sites for hydroxylation is 1. The van der Waals surface area contributed by atoms with Crippen LogP contribution >= 0.6 is 0 Å². The molecule has 0 unspecified atom stereocenters. The Bertz CT molecular complexity index is 1110. The zero-order valence-electron chi connectivity index (χ0n) is 19.6. The van der Waals surface area contributed by atoms with Crippen LogP contribution in [-0.2, 0) is 11.3 Å². The van der Waals surface area contributed by atoms with Crippen molar-refractivity contribution in [2.45, 2.75) is 44.4 Å². The van der Waals surface area contributed by atoms with Crippen molar-refractivity contribution in [1.29, 1.82) is 0 Å². The number of carbonyl (C=O) groups is 1. The second kappa shape index (κ2) is 9.85. The van der Waals surface area contributed by atoms with Crippen molar-refractivity contribution >= 4 is 11.6 Å². The van der Waals surface area contributed by atoms with Gasteiger partial charge in [-0.2, -0.15) is 0 Å². The molecule has 1 spiro atoms. The third-order valence-corrected chi connectivity index (χ3v) is 6.87. The van der Waals surface area contributed by atoms with Gasteiger partial charge in [0, 0.05) is 49.7 Å². The van der Waals surface area contributed by atoms with E-state index in [2.05, 4.69) is 17.2 Å². The minimum absolute atomic E-state index is 0.0650. The summed E-state index contributed by atoms with van der Waals surface area (Å²) in [7, 11) is 0. The van der Waals surface area contributed by atoms with E-state index in [1.807, 2.05) is 71.8 Å². The first kappa shape index (κ1) is 22.4. The number of aromatic nitrogens is 1. The largest absolute Gasteiger partial charge is 0.488 e. The number of pyridine rings is 1. The molecular formula is C28H31N3O3. The lowest BCUT2D eigenvalue weighted by Crippen LogP contribution is -2.46. The molecule has 0 saturated carbocycles. The number of carbonyl (C=O) groups excluding carboxylic acids is 1. The smallest absolute Gasteiger partial charge is 0.253 e. The second-order valence-corrected chi connectivity index (χ2v) is 9.29. The van der Waals surface area contributed by atoms with Crippen molar-refractivity contribution in [3.05, 3.63) is 89.7 Å². The van der Waals surface area contributed by atoms with E-state index in [0.717, 1.165) is 41.8 Å². The molecule has 2 aliphatic heterocycles. The van der Waals surface area contributed by atoms with Crippen LogP contribution in [0.2, 0.25) is 0 Å². The lowest BCUT2D eigenvalue weighted by molar-refractivity contribution is -0.0395. The summed E-state index contributed by atoms with van der Waals surface area (Å²) in [5, 5.41) is 3.45. The fourth-order valence-corrected chi connectivity index (χ4v) is 4.86. The highest BCUT2D eigenvalue weighted by atomic mass is 16.6. The van der Waals surface area contributed by atoms with Gasteiger partial charge in [-0.05, 0) is 61.2 Å². The number of piperidine rings is 1. The first-order valence-electron chi connectivity index (χ1n) is 12.0. The third kappa shape index (κ3) is 5.07. The maximum atomic E-state index is 13.3. The number of rotatable bonds is 6. The molecular weight excluding hydrogens is 426 g/mol. The maximum Gasteiger partial charge on any atom is 0.253 e. The number of ether oxygens (including phenoxy) is 2. The van der Waals surface area contributed by atoms with E-state index in [0.29, 0.717) is 31.8 Å². The lowest BCUT2D eigenvalue weighted by atomic mass is 9.87. The molecule has 1 atom stereocenters. The molecule has 2 fully saturated rings. The summed E-state index contributed by atoms with van der Waals surface area (Å²) in [5.74, 6) is 0.961. The summed E-state index contributed by atoms with van der Waals surface area (Å²) in [6, 6.07) is 19.8. The molecule has 6 heteroatoms. The van der Waals surface area contributed by atoms with Crippen molar-refractivity contribution in [3.8, 4) is 5.75 Å². The van der Waals surface area contributed by atoms with Gasteiger partial charge in [0.25, 0.3) is 5.91 Å². The van der Waals surface area contributed by atoms with Gasteiger partial charge in [-0.15, -0.1) is 0 Å². The molecule has 3 aromatic rings. The van der Waals surface area contributed by atoms with Crippen LogP contribution in [0.15, 0.2) is 73.1 Å². The Morgan fingerprint density at radius 1 is 1.15 bits per heavy atom. The Balaban J connectivity index is 1.17. The Hall–Kier alpha value is -3.38. The zero-order valence-corrected chi connectivity index (χ0v) is 19.6. The Morgan fingerprint density at radius 2 is 1.97 bits per heavy atom. The predicted octanol–water partition coefficient (Wildman–Crippen LogP) is 4.84. The minimum Gasteiger partial charge on any atom is -0.488 e. The van der Waals surface area contributed by atoms with Gasteiger partial charge in [-0.3, -0.25) is 9.78 Å². The highest BCUT2D eigenvalue weighted by Gasteiger charge is 2.44. The molecule has 0 radical (unpaired) electrons. The summed E-state index contributed by atoms with van der Waals surface area (Å²) in [5.41, 5.74) is 3.73. The molecule has 1 aromatic heterocycles. The maximum absolute atomic E-state index is 13.3. The highest BCUT2D eigenvalue weighted by molar-refractivity contribution is 5.95. The predicted molar refractivity (Wildman–Crippen MR) is 132 cm³/mol. The van der Waals surface area contributed by atoms with Crippen LogP contribution in [0.3, 0.4) is 0 Å². The summed E-state index contributed by atoms with van der Waals surface area (Å²) < 4.78 is 12.3. The zero-order chi connectivity index (χ0) is 23.4. The molecule has 1 N–H and O–H groups in total. The summed E-state index contributed by atoms with van der Waals surface area (Å²) in [4.78, 5) is 19.4. The Labute approximate surface area is 200 Å². The van der Waals surface area contributed by atoms with Crippen LogP contribution in [0.5, 0.6) is 5.75 Å². The fourth-order valence-electron chi connectivity index (χ4n) is 4.86. The quantitative estimate of drug-likeness (QED) is 0.574. The van der Waals surface area contributed by atoms with E-state index in [9.17, 15) is 4.79 Å². The first-order valence-corrected chi connectivity index (χ1v) is 12.0. The van der Waals surface area contributed by atoms with Gasteiger partial charge in [0.15, 0.2) is 0 Å². The van der Waals surface area contributed by atoms with Crippen molar-refractivity contribution in [1.82, 2.24) is 9.88 Å². The first-order chi connectivity index (χ1) is 16.6. The number of nitrogens with zero attached hydrogens (tertiary/aromatic N) is 2. The highest BCUT2D eigenvalue weighted by Crippen LogP contribution is 2.37. The van der Waals surface area contributed by atoms with E-state index in [1.165, 1.54) is 0 Å². The van der Waals surface area contributed by atoms with Gasteiger partial charge < -0.3 is 19.7 Å². The fraction of sp³-hybridized carbons (Fsp3) is 0.357. The van der Waals surface area contributed by atoms with Gasteiger partial charge in [0.2, 0.25) is 0 Å². The standard InChI is InChI=1S/C28H31N3O3/c1-21-9-10-23(16-26(21)30-19-22-6-5-13-29-18-22)27(32)31-14-11-28(12-15-31)17-25(20-33-28)34-24-7-3-2-4-8-24/h2-10,13,16,18,25,30H,11-12,14-15,17,19-20H2,1H3/t25-/m1/s1. The molecule has 0 bridgehead atoms. The number of hydrogen-bond donors (Lipinski definition) is 1. The Kier molecular flexibility index (Phi) is 6.50.